The number of amidine groups is 1. The Balaban J connectivity index is 2.55. The van der Waals surface area contributed by atoms with Gasteiger partial charge in [0.1, 0.15) is 5.75 Å². The van der Waals surface area contributed by atoms with Gasteiger partial charge in [-0.25, -0.2) is 0 Å². The summed E-state index contributed by atoms with van der Waals surface area (Å²) in [4.78, 5) is 13.3. The molecule has 0 saturated heterocycles. The number of hydrogen-bond donors (Lipinski definition) is 3. The molecule has 20 heavy (non-hydrogen) atoms. The summed E-state index contributed by atoms with van der Waals surface area (Å²) < 4.78 is 5.35. The Kier molecular flexibility index (Phi) is 6.31. The van der Waals surface area contributed by atoms with E-state index in [4.69, 9.17) is 20.8 Å². The molecule has 0 aliphatic carbocycles. The number of hydrogen-bond acceptors (Lipinski definition) is 5. The number of benzene rings is 1. The Hall–Kier alpha value is -2.28. The quantitative estimate of drug-likeness (QED) is 0.282. The number of aliphatic hydroxyl groups excluding tert-OH is 1. The summed E-state index contributed by atoms with van der Waals surface area (Å²) in [5.74, 6) is 0.322. The van der Waals surface area contributed by atoms with Gasteiger partial charge in [0, 0.05) is 18.7 Å². The molecule has 1 rings (SSSR count). The van der Waals surface area contributed by atoms with E-state index in [1.807, 2.05) is 6.92 Å². The molecular formula is C13H19N3O4. The number of oxime groups is 1. The standard InChI is InChI=1S/C13H19N3O4/c1-2-16(7-8-17)12(18)9-20-11-5-3-10(4-6-11)13(14)15-19/h3-6,17,19H,2,7-9H2,1H3,(H2,14,15). The molecule has 0 aliphatic heterocycles. The summed E-state index contributed by atoms with van der Waals surface area (Å²) in [7, 11) is 0. The zero-order valence-corrected chi connectivity index (χ0v) is 11.3. The van der Waals surface area contributed by atoms with Gasteiger partial charge in [0.15, 0.2) is 12.4 Å². The van der Waals surface area contributed by atoms with E-state index < -0.39 is 0 Å². The van der Waals surface area contributed by atoms with Crippen LogP contribution in [0, 0.1) is 0 Å². The second-order valence-electron chi connectivity index (χ2n) is 4.00. The Morgan fingerprint density at radius 2 is 2.05 bits per heavy atom. The second-order valence-corrected chi connectivity index (χ2v) is 4.00. The van der Waals surface area contributed by atoms with E-state index in [2.05, 4.69) is 5.16 Å². The predicted molar refractivity (Wildman–Crippen MR) is 73.8 cm³/mol. The van der Waals surface area contributed by atoms with Crippen molar-refractivity contribution in [3.63, 3.8) is 0 Å². The number of likely N-dealkylation sites (N-methyl/N-ethyl adjacent to an activating group) is 1. The molecule has 1 aromatic rings. The summed E-state index contributed by atoms with van der Waals surface area (Å²) >= 11 is 0. The van der Waals surface area contributed by atoms with Crippen molar-refractivity contribution in [1.82, 2.24) is 4.90 Å². The first-order valence-corrected chi connectivity index (χ1v) is 6.21. The first kappa shape index (κ1) is 15.8. The molecule has 7 heteroatoms. The van der Waals surface area contributed by atoms with Crippen LogP contribution in [0.3, 0.4) is 0 Å². The first-order chi connectivity index (χ1) is 9.62. The maximum atomic E-state index is 11.8. The van der Waals surface area contributed by atoms with Crippen molar-refractivity contribution in [2.75, 3.05) is 26.3 Å². The van der Waals surface area contributed by atoms with Crippen molar-refractivity contribution >= 4 is 11.7 Å². The molecule has 0 atom stereocenters. The van der Waals surface area contributed by atoms with Gasteiger partial charge >= 0.3 is 0 Å². The van der Waals surface area contributed by atoms with E-state index in [9.17, 15) is 4.79 Å². The Bertz CT molecular complexity index is 459. The van der Waals surface area contributed by atoms with Gasteiger partial charge < -0.3 is 25.7 Å². The van der Waals surface area contributed by atoms with Crippen LogP contribution in [0.4, 0.5) is 0 Å². The lowest BCUT2D eigenvalue weighted by Gasteiger charge is -2.19. The average molecular weight is 281 g/mol. The van der Waals surface area contributed by atoms with E-state index >= 15 is 0 Å². The highest BCUT2D eigenvalue weighted by Gasteiger charge is 2.11. The lowest BCUT2D eigenvalue weighted by Crippen LogP contribution is -2.36. The van der Waals surface area contributed by atoms with Crippen LogP contribution < -0.4 is 10.5 Å². The Morgan fingerprint density at radius 3 is 2.55 bits per heavy atom. The molecule has 1 amide bonds. The van der Waals surface area contributed by atoms with Crippen LogP contribution in [0.2, 0.25) is 0 Å². The third-order valence-electron chi connectivity index (χ3n) is 2.72. The zero-order valence-electron chi connectivity index (χ0n) is 11.3. The van der Waals surface area contributed by atoms with Crippen molar-refractivity contribution in [3.05, 3.63) is 29.8 Å². The van der Waals surface area contributed by atoms with Crippen molar-refractivity contribution in [3.8, 4) is 5.75 Å². The van der Waals surface area contributed by atoms with Gasteiger partial charge in [0.25, 0.3) is 5.91 Å². The molecule has 0 heterocycles. The number of aliphatic hydroxyl groups is 1. The van der Waals surface area contributed by atoms with Gasteiger partial charge in [-0.15, -0.1) is 0 Å². The fourth-order valence-electron chi connectivity index (χ4n) is 1.60. The van der Waals surface area contributed by atoms with Gasteiger partial charge in [-0.1, -0.05) is 5.16 Å². The third-order valence-corrected chi connectivity index (χ3v) is 2.72. The number of rotatable bonds is 7. The molecule has 0 bridgehead atoms. The highest BCUT2D eigenvalue weighted by atomic mass is 16.5. The lowest BCUT2D eigenvalue weighted by atomic mass is 10.2. The van der Waals surface area contributed by atoms with Gasteiger partial charge in [0.05, 0.1) is 6.61 Å². The summed E-state index contributed by atoms with van der Waals surface area (Å²) in [5, 5.41) is 20.2. The fourth-order valence-corrected chi connectivity index (χ4v) is 1.60. The molecule has 7 nitrogen and oxygen atoms in total. The summed E-state index contributed by atoms with van der Waals surface area (Å²) in [6.45, 7) is 2.47. The molecular weight excluding hydrogens is 262 g/mol. The Morgan fingerprint density at radius 1 is 1.40 bits per heavy atom. The summed E-state index contributed by atoms with van der Waals surface area (Å²) in [5.41, 5.74) is 5.99. The largest absolute Gasteiger partial charge is 0.484 e. The molecule has 0 saturated carbocycles. The monoisotopic (exact) mass is 281 g/mol. The van der Waals surface area contributed by atoms with Crippen LogP contribution in [-0.2, 0) is 4.79 Å². The molecule has 0 fully saturated rings. The van der Waals surface area contributed by atoms with E-state index in [1.165, 1.54) is 4.90 Å². The number of carbonyl (C=O) groups excluding carboxylic acids is 1. The number of nitrogens with two attached hydrogens (primary N) is 1. The molecule has 4 N–H and O–H groups in total. The molecule has 0 unspecified atom stereocenters. The molecule has 0 aliphatic rings. The topological polar surface area (TPSA) is 108 Å². The molecule has 0 radical (unpaired) electrons. The van der Waals surface area contributed by atoms with Crippen LogP contribution >= 0.6 is 0 Å². The molecule has 0 spiro atoms. The first-order valence-electron chi connectivity index (χ1n) is 6.21. The smallest absolute Gasteiger partial charge is 0.260 e. The van der Waals surface area contributed by atoms with Crippen molar-refractivity contribution in [2.45, 2.75) is 6.92 Å². The molecule has 110 valence electrons. The van der Waals surface area contributed by atoms with Crippen LogP contribution in [0.25, 0.3) is 0 Å². The van der Waals surface area contributed by atoms with Gasteiger partial charge in [-0.3, -0.25) is 4.79 Å². The van der Waals surface area contributed by atoms with E-state index in [-0.39, 0.29) is 25.0 Å². The van der Waals surface area contributed by atoms with Gasteiger partial charge in [0.2, 0.25) is 0 Å². The maximum Gasteiger partial charge on any atom is 0.260 e. The minimum atomic E-state index is -0.193. The van der Waals surface area contributed by atoms with Crippen molar-refractivity contribution in [1.29, 1.82) is 0 Å². The van der Waals surface area contributed by atoms with Crippen molar-refractivity contribution in [2.24, 2.45) is 10.9 Å². The maximum absolute atomic E-state index is 11.8. The van der Waals surface area contributed by atoms with Crippen LogP contribution in [0.15, 0.2) is 29.4 Å². The SMILES string of the molecule is CCN(CCO)C(=O)COc1ccc(/C(N)=N/O)cc1. The molecule has 1 aromatic carbocycles. The van der Waals surface area contributed by atoms with Gasteiger partial charge in [-0.2, -0.15) is 0 Å². The second kappa shape index (κ2) is 8.00. The fraction of sp³-hybridized carbons (Fsp3) is 0.385. The van der Waals surface area contributed by atoms with E-state index in [0.29, 0.717) is 24.4 Å². The third kappa shape index (κ3) is 4.43. The predicted octanol–water partition coefficient (Wildman–Crippen LogP) is 0.000700. The summed E-state index contributed by atoms with van der Waals surface area (Å²) in [6.07, 6.45) is 0. The van der Waals surface area contributed by atoms with Crippen LogP contribution in [-0.4, -0.2) is 53.3 Å². The number of ether oxygens (including phenoxy) is 1. The lowest BCUT2D eigenvalue weighted by molar-refractivity contribution is -0.133. The number of nitrogens with zero attached hydrogens (tertiary/aromatic N) is 2. The normalized spacial score (nSPS) is 11.2. The molecule has 0 aromatic heterocycles. The van der Waals surface area contributed by atoms with E-state index in [0.717, 1.165) is 0 Å². The summed E-state index contributed by atoms with van der Waals surface area (Å²) in [6, 6.07) is 6.51. The zero-order chi connectivity index (χ0) is 15.0. The highest BCUT2D eigenvalue weighted by Crippen LogP contribution is 2.12. The average Bonchev–Trinajstić information content (AvgIpc) is 2.49. The van der Waals surface area contributed by atoms with Crippen molar-refractivity contribution < 1.29 is 19.8 Å². The highest BCUT2D eigenvalue weighted by molar-refractivity contribution is 5.97. The van der Waals surface area contributed by atoms with Gasteiger partial charge in [-0.05, 0) is 31.2 Å². The number of carbonyl (C=O) groups is 1. The minimum absolute atomic E-state index is 0.00716. The minimum Gasteiger partial charge on any atom is -0.484 e. The number of amides is 1. The van der Waals surface area contributed by atoms with Crippen LogP contribution in [0.1, 0.15) is 12.5 Å². The Labute approximate surface area is 117 Å². The van der Waals surface area contributed by atoms with Crippen LogP contribution in [0.5, 0.6) is 5.75 Å². The van der Waals surface area contributed by atoms with E-state index in [1.54, 1.807) is 24.3 Å².